The fourth-order valence-electron chi connectivity index (χ4n) is 1.84. The molecule has 0 aromatic heterocycles. The maximum Gasteiger partial charge on any atom is 0.350 e. The molecule has 0 saturated heterocycles. The third-order valence-corrected chi connectivity index (χ3v) is 2.70. The van der Waals surface area contributed by atoms with Gasteiger partial charge in [0.05, 0.1) is 12.3 Å². The van der Waals surface area contributed by atoms with Gasteiger partial charge in [0.2, 0.25) is 0 Å². The van der Waals surface area contributed by atoms with Crippen LogP contribution in [0.1, 0.15) is 12.5 Å². The Morgan fingerprint density at radius 3 is 2.55 bits per heavy atom. The number of urea groups is 1. The summed E-state index contributed by atoms with van der Waals surface area (Å²) in [7, 11) is 0. The number of hydroxylamine groups is 1. The largest absolute Gasteiger partial charge is 0.350 e. The second kappa shape index (κ2) is 6.73. The number of anilines is 2. The number of nitrogens with zero attached hydrogens (tertiary/aromatic N) is 1. The Hall–Kier alpha value is -2.33. The normalized spacial score (nSPS) is 10.1. The minimum absolute atomic E-state index is 0.316. The number of hydrogen-bond donors (Lipinski definition) is 1. The predicted octanol–water partition coefficient (Wildman–Crippen LogP) is 3.99. The van der Waals surface area contributed by atoms with E-state index in [1.807, 2.05) is 68.4 Å². The van der Waals surface area contributed by atoms with E-state index in [0.29, 0.717) is 12.3 Å². The number of amides is 2. The number of hydrogen-bond acceptors (Lipinski definition) is 2. The van der Waals surface area contributed by atoms with Crippen molar-refractivity contribution < 1.29 is 9.63 Å². The molecule has 0 heterocycles. The molecular formula is C16H18N2O2. The van der Waals surface area contributed by atoms with Crippen LogP contribution in [-0.2, 0) is 4.84 Å². The first-order valence-electron chi connectivity index (χ1n) is 6.56. The topological polar surface area (TPSA) is 41.6 Å². The van der Waals surface area contributed by atoms with Gasteiger partial charge in [0, 0.05) is 5.69 Å². The van der Waals surface area contributed by atoms with Gasteiger partial charge in [-0.2, -0.15) is 5.06 Å². The van der Waals surface area contributed by atoms with Crippen molar-refractivity contribution in [3.63, 3.8) is 0 Å². The summed E-state index contributed by atoms with van der Waals surface area (Å²) in [5, 5.41) is 4.09. The lowest BCUT2D eigenvalue weighted by molar-refractivity contribution is 0.132. The SMILES string of the molecule is CCON(C(=O)Nc1cccc(C)c1)c1ccccc1. The molecule has 1 N–H and O–H groups in total. The summed E-state index contributed by atoms with van der Waals surface area (Å²) >= 11 is 0. The van der Waals surface area contributed by atoms with Gasteiger partial charge in [0.15, 0.2) is 0 Å². The molecule has 4 heteroatoms. The lowest BCUT2D eigenvalue weighted by Gasteiger charge is -2.21. The van der Waals surface area contributed by atoms with Crippen LogP contribution in [0.5, 0.6) is 0 Å². The lowest BCUT2D eigenvalue weighted by atomic mass is 10.2. The van der Waals surface area contributed by atoms with Crippen LogP contribution in [0.3, 0.4) is 0 Å². The van der Waals surface area contributed by atoms with Crippen LogP contribution in [0, 0.1) is 6.92 Å². The number of aryl methyl sites for hydroxylation is 1. The number of benzene rings is 2. The fourth-order valence-corrected chi connectivity index (χ4v) is 1.84. The molecule has 2 rings (SSSR count). The smallest absolute Gasteiger partial charge is 0.306 e. The Bertz CT molecular complexity index is 570. The van der Waals surface area contributed by atoms with Crippen molar-refractivity contribution in [1.29, 1.82) is 0 Å². The van der Waals surface area contributed by atoms with Gasteiger partial charge in [-0.1, -0.05) is 30.3 Å². The van der Waals surface area contributed by atoms with Gasteiger partial charge < -0.3 is 5.32 Å². The van der Waals surface area contributed by atoms with Gasteiger partial charge in [-0.15, -0.1) is 0 Å². The zero-order chi connectivity index (χ0) is 14.4. The minimum Gasteiger partial charge on any atom is -0.306 e. The first-order valence-corrected chi connectivity index (χ1v) is 6.56. The summed E-state index contributed by atoms with van der Waals surface area (Å²) in [6.07, 6.45) is 0. The van der Waals surface area contributed by atoms with Crippen molar-refractivity contribution in [2.24, 2.45) is 0 Å². The van der Waals surface area contributed by atoms with Crippen molar-refractivity contribution >= 4 is 17.4 Å². The zero-order valence-electron chi connectivity index (χ0n) is 11.7. The van der Waals surface area contributed by atoms with E-state index in [-0.39, 0.29) is 6.03 Å². The standard InChI is InChI=1S/C16H18N2O2/c1-3-20-18(15-10-5-4-6-11-15)16(19)17-14-9-7-8-13(2)12-14/h4-12H,3H2,1-2H3,(H,17,19). The van der Waals surface area contributed by atoms with Gasteiger partial charge in [-0.05, 0) is 43.7 Å². The van der Waals surface area contributed by atoms with E-state index < -0.39 is 0 Å². The maximum atomic E-state index is 12.3. The molecule has 0 unspecified atom stereocenters. The van der Waals surface area contributed by atoms with Crippen LogP contribution in [0.4, 0.5) is 16.2 Å². The van der Waals surface area contributed by atoms with E-state index in [2.05, 4.69) is 5.32 Å². The minimum atomic E-state index is -0.316. The van der Waals surface area contributed by atoms with E-state index in [9.17, 15) is 4.79 Å². The number of rotatable bonds is 4. The van der Waals surface area contributed by atoms with Crippen molar-refractivity contribution in [2.45, 2.75) is 13.8 Å². The van der Waals surface area contributed by atoms with E-state index in [4.69, 9.17) is 4.84 Å². The summed E-state index contributed by atoms with van der Waals surface area (Å²) < 4.78 is 0. The second-order valence-electron chi connectivity index (χ2n) is 4.35. The maximum absolute atomic E-state index is 12.3. The monoisotopic (exact) mass is 270 g/mol. The average Bonchev–Trinajstić information content (AvgIpc) is 2.45. The molecule has 4 nitrogen and oxygen atoms in total. The van der Waals surface area contributed by atoms with Crippen molar-refractivity contribution in [2.75, 3.05) is 17.0 Å². The summed E-state index contributed by atoms with van der Waals surface area (Å²) in [5.41, 5.74) is 2.53. The predicted molar refractivity (Wildman–Crippen MR) is 80.7 cm³/mol. The first kappa shape index (κ1) is 14.1. The highest BCUT2D eigenvalue weighted by Gasteiger charge is 2.16. The van der Waals surface area contributed by atoms with Gasteiger partial charge in [-0.25, -0.2) is 4.79 Å². The van der Waals surface area contributed by atoms with Crippen LogP contribution in [0.25, 0.3) is 0 Å². The molecule has 0 radical (unpaired) electrons. The summed E-state index contributed by atoms with van der Waals surface area (Å²) in [5.74, 6) is 0. The molecule has 0 spiro atoms. The van der Waals surface area contributed by atoms with Crippen LogP contribution >= 0.6 is 0 Å². The highest BCUT2D eigenvalue weighted by Crippen LogP contribution is 2.16. The Labute approximate surface area is 118 Å². The molecule has 0 fully saturated rings. The van der Waals surface area contributed by atoms with Gasteiger partial charge in [0.25, 0.3) is 0 Å². The Balaban J connectivity index is 2.15. The second-order valence-corrected chi connectivity index (χ2v) is 4.35. The van der Waals surface area contributed by atoms with Crippen LogP contribution < -0.4 is 10.4 Å². The molecule has 0 bridgehead atoms. The molecule has 0 aliphatic rings. The number of para-hydroxylation sites is 1. The van der Waals surface area contributed by atoms with Gasteiger partial charge in [0.1, 0.15) is 0 Å². The highest BCUT2D eigenvalue weighted by molar-refractivity contribution is 6.00. The van der Waals surface area contributed by atoms with E-state index in [0.717, 1.165) is 11.3 Å². The molecule has 2 amide bonds. The molecular weight excluding hydrogens is 252 g/mol. The third-order valence-electron chi connectivity index (χ3n) is 2.70. The number of carbonyl (C=O) groups is 1. The zero-order valence-corrected chi connectivity index (χ0v) is 11.7. The van der Waals surface area contributed by atoms with Crippen LogP contribution in [0.15, 0.2) is 54.6 Å². The van der Waals surface area contributed by atoms with E-state index >= 15 is 0 Å². The van der Waals surface area contributed by atoms with Crippen LogP contribution in [0.2, 0.25) is 0 Å². The number of nitrogens with one attached hydrogen (secondary N) is 1. The van der Waals surface area contributed by atoms with Crippen LogP contribution in [-0.4, -0.2) is 12.6 Å². The van der Waals surface area contributed by atoms with E-state index in [1.165, 1.54) is 5.06 Å². The van der Waals surface area contributed by atoms with Crippen molar-refractivity contribution in [1.82, 2.24) is 0 Å². The first-order chi connectivity index (χ1) is 9.70. The number of carbonyl (C=O) groups excluding carboxylic acids is 1. The van der Waals surface area contributed by atoms with Gasteiger partial charge in [-0.3, -0.25) is 4.84 Å². The molecule has 2 aromatic carbocycles. The Kier molecular flexibility index (Phi) is 4.74. The third kappa shape index (κ3) is 3.59. The van der Waals surface area contributed by atoms with E-state index in [1.54, 1.807) is 0 Å². The molecule has 20 heavy (non-hydrogen) atoms. The Morgan fingerprint density at radius 2 is 1.90 bits per heavy atom. The molecule has 104 valence electrons. The highest BCUT2D eigenvalue weighted by atomic mass is 16.7. The fraction of sp³-hybridized carbons (Fsp3) is 0.188. The summed E-state index contributed by atoms with van der Waals surface area (Å²) in [4.78, 5) is 17.7. The van der Waals surface area contributed by atoms with Crippen molar-refractivity contribution in [3.8, 4) is 0 Å². The molecule has 2 aromatic rings. The lowest BCUT2D eigenvalue weighted by Crippen LogP contribution is -2.35. The van der Waals surface area contributed by atoms with Crippen molar-refractivity contribution in [3.05, 3.63) is 60.2 Å². The summed E-state index contributed by atoms with van der Waals surface area (Å²) in [6.45, 7) is 4.24. The quantitative estimate of drug-likeness (QED) is 0.854. The molecule has 0 aliphatic carbocycles. The Morgan fingerprint density at radius 1 is 1.15 bits per heavy atom. The summed E-state index contributed by atoms with van der Waals surface area (Å²) in [6, 6.07) is 16.6. The average molecular weight is 270 g/mol. The molecule has 0 saturated carbocycles. The molecule has 0 atom stereocenters. The molecule has 0 aliphatic heterocycles. The van der Waals surface area contributed by atoms with Gasteiger partial charge >= 0.3 is 6.03 Å².